The van der Waals surface area contributed by atoms with E-state index in [0.717, 1.165) is 47.6 Å². The molecule has 0 aliphatic carbocycles. The monoisotopic (exact) mass is 512 g/mol. The van der Waals surface area contributed by atoms with E-state index in [1.165, 1.54) is 5.56 Å². The molecule has 3 aromatic heterocycles. The molecule has 9 heteroatoms. The lowest BCUT2D eigenvalue weighted by molar-refractivity contribution is 0.172. The summed E-state index contributed by atoms with van der Waals surface area (Å²) in [6, 6.07) is 21.7. The normalized spacial score (nSPS) is 12.3. The maximum Gasteiger partial charge on any atom is 0.252 e. The van der Waals surface area contributed by atoms with Crippen molar-refractivity contribution in [1.29, 1.82) is 0 Å². The molecule has 5 aromatic rings. The number of rotatable bonds is 12. The van der Waals surface area contributed by atoms with Gasteiger partial charge in [0.1, 0.15) is 18.1 Å². The van der Waals surface area contributed by atoms with Crippen LogP contribution in [0.4, 0.5) is 0 Å². The number of nitrogens with zero attached hydrogens (tertiary/aromatic N) is 5. The van der Waals surface area contributed by atoms with Crippen molar-refractivity contribution in [2.45, 2.75) is 45.8 Å². The highest BCUT2D eigenvalue weighted by Crippen LogP contribution is 2.26. The predicted octanol–water partition coefficient (Wildman–Crippen LogP) is 4.75. The minimum Gasteiger partial charge on any atom is -0.494 e. The van der Waals surface area contributed by atoms with Crippen molar-refractivity contribution in [3.63, 3.8) is 0 Å². The molecule has 2 aromatic carbocycles. The zero-order chi connectivity index (χ0) is 26.3. The van der Waals surface area contributed by atoms with Crippen LogP contribution < -0.4 is 10.3 Å². The number of pyridine rings is 1. The lowest BCUT2D eigenvalue weighted by Gasteiger charge is -2.30. The minimum atomic E-state index is -0.103. The first-order chi connectivity index (χ1) is 18.6. The Morgan fingerprint density at radius 2 is 1.95 bits per heavy atom. The second-order valence-corrected chi connectivity index (χ2v) is 9.21. The maximum atomic E-state index is 13.2. The largest absolute Gasteiger partial charge is 0.494 e. The van der Waals surface area contributed by atoms with Crippen LogP contribution in [0.25, 0.3) is 10.9 Å². The molecule has 0 radical (unpaired) electrons. The van der Waals surface area contributed by atoms with E-state index in [-0.39, 0.29) is 11.6 Å². The number of H-pyrrole nitrogens is 1. The van der Waals surface area contributed by atoms with Gasteiger partial charge in [0.15, 0.2) is 5.82 Å². The van der Waals surface area contributed by atoms with Gasteiger partial charge in [-0.25, -0.2) is 4.68 Å². The van der Waals surface area contributed by atoms with Gasteiger partial charge in [-0.15, -0.1) is 5.10 Å². The fourth-order valence-corrected chi connectivity index (χ4v) is 4.80. The Morgan fingerprint density at radius 1 is 1.08 bits per heavy atom. The molecule has 196 valence electrons. The Labute approximate surface area is 221 Å². The molecule has 5 rings (SSSR count). The number of hydrogen-bond donors (Lipinski definition) is 1. The number of aromatic nitrogens is 5. The molecule has 0 aliphatic heterocycles. The van der Waals surface area contributed by atoms with Gasteiger partial charge in [-0.05, 0) is 72.2 Å². The number of ether oxygens (including phenoxy) is 1. The zero-order valence-electron chi connectivity index (χ0n) is 21.7. The van der Waals surface area contributed by atoms with Crippen molar-refractivity contribution < 1.29 is 9.15 Å². The summed E-state index contributed by atoms with van der Waals surface area (Å²) in [7, 11) is 0. The van der Waals surface area contributed by atoms with Gasteiger partial charge in [0.25, 0.3) is 5.56 Å². The molecule has 9 nitrogen and oxygen atoms in total. The van der Waals surface area contributed by atoms with Gasteiger partial charge in [0, 0.05) is 29.6 Å². The number of tetrazole rings is 1. The molecule has 0 aliphatic rings. The molecule has 0 unspecified atom stereocenters. The second kappa shape index (κ2) is 11.9. The Hall–Kier alpha value is -4.24. The van der Waals surface area contributed by atoms with E-state index in [0.29, 0.717) is 25.3 Å². The Bertz CT molecular complexity index is 1510. The molecule has 1 N–H and O–H groups in total. The molecule has 0 spiro atoms. The number of benzene rings is 2. The third-order valence-electron chi connectivity index (χ3n) is 6.68. The molecule has 0 saturated carbocycles. The Kier molecular flexibility index (Phi) is 7.94. The molecule has 0 amide bonds. The standard InChI is InChI=1S/C29H32N6O3/c1-3-27(28-31-32-33-35(28)20-25-11-8-16-38-25)34(15-14-21-9-6-5-7-10-21)19-23-17-22-18-24(37-4-2)12-13-26(22)30-29(23)36/h5-13,16-18,27H,3-4,14-15,19-20H2,1-2H3,(H,30,36)/t27-/m1/s1. The summed E-state index contributed by atoms with van der Waals surface area (Å²) in [5.74, 6) is 2.30. The Morgan fingerprint density at radius 3 is 2.71 bits per heavy atom. The van der Waals surface area contributed by atoms with Gasteiger partial charge in [-0.3, -0.25) is 9.69 Å². The fourth-order valence-electron chi connectivity index (χ4n) is 4.80. The van der Waals surface area contributed by atoms with Crippen LogP contribution in [-0.4, -0.2) is 43.2 Å². The molecule has 3 heterocycles. The number of fused-ring (bicyclic) bond motifs is 1. The van der Waals surface area contributed by atoms with Crippen LogP contribution in [0.3, 0.4) is 0 Å². The molecule has 1 atom stereocenters. The second-order valence-electron chi connectivity index (χ2n) is 9.21. The average molecular weight is 513 g/mol. The third-order valence-corrected chi connectivity index (χ3v) is 6.68. The first-order valence-electron chi connectivity index (χ1n) is 13.0. The molecule has 0 saturated heterocycles. The highest BCUT2D eigenvalue weighted by molar-refractivity contribution is 5.80. The van der Waals surface area contributed by atoms with Crippen molar-refractivity contribution in [2.75, 3.05) is 13.2 Å². The first-order valence-corrected chi connectivity index (χ1v) is 13.0. The summed E-state index contributed by atoms with van der Waals surface area (Å²) in [6.45, 7) is 6.27. The van der Waals surface area contributed by atoms with Gasteiger partial charge in [-0.2, -0.15) is 0 Å². The van der Waals surface area contributed by atoms with Crippen molar-refractivity contribution in [3.8, 4) is 5.75 Å². The summed E-state index contributed by atoms with van der Waals surface area (Å²) in [4.78, 5) is 18.5. The molecular weight excluding hydrogens is 480 g/mol. The van der Waals surface area contributed by atoms with Gasteiger partial charge in [0.05, 0.1) is 18.9 Å². The summed E-state index contributed by atoms with van der Waals surface area (Å²) in [5.41, 5.74) is 2.60. The van der Waals surface area contributed by atoms with Crippen LogP contribution in [0, 0.1) is 0 Å². The van der Waals surface area contributed by atoms with Crippen molar-refractivity contribution >= 4 is 10.9 Å². The van der Waals surface area contributed by atoms with Crippen LogP contribution in [0.2, 0.25) is 0 Å². The van der Waals surface area contributed by atoms with Crippen molar-refractivity contribution in [1.82, 2.24) is 30.1 Å². The van der Waals surface area contributed by atoms with E-state index < -0.39 is 0 Å². The van der Waals surface area contributed by atoms with Crippen LogP contribution in [0.1, 0.15) is 49.0 Å². The number of aromatic amines is 1. The smallest absolute Gasteiger partial charge is 0.252 e. The van der Waals surface area contributed by atoms with E-state index in [4.69, 9.17) is 9.15 Å². The summed E-state index contributed by atoms with van der Waals surface area (Å²) >= 11 is 0. The number of furan rings is 1. The van der Waals surface area contributed by atoms with Crippen molar-refractivity contribution in [3.05, 3.63) is 106 Å². The Balaban J connectivity index is 1.48. The van der Waals surface area contributed by atoms with Crippen molar-refractivity contribution in [2.24, 2.45) is 0 Å². The molecule has 38 heavy (non-hydrogen) atoms. The first kappa shape index (κ1) is 25.4. The zero-order valence-corrected chi connectivity index (χ0v) is 21.7. The van der Waals surface area contributed by atoms with E-state index in [9.17, 15) is 4.79 Å². The van der Waals surface area contributed by atoms with Crippen LogP contribution in [-0.2, 0) is 19.5 Å². The maximum absolute atomic E-state index is 13.2. The van der Waals surface area contributed by atoms with E-state index in [1.54, 1.807) is 10.9 Å². The third kappa shape index (κ3) is 5.84. The minimum absolute atomic E-state index is 0.101. The van der Waals surface area contributed by atoms with E-state index in [2.05, 4.69) is 44.5 Å². The number of hydrogen-bond acceptors (Lipinski definition) is 7. The average Bonchev–Trinajstić information content (AvgIpc) is 3.62. The fraction of sp³-hybridized carbons (Fsp3) is 0.310. The predicted molar refractivity (Wildman–Crippen MR) is 145 cm³/mol. The van der Waals surface area contributed by atoms with Gasteiger partial charge < -0.3 is 14.1 Å². The lowest BCUT2D eigenvalue weighted by Crippen LogP contribution is -2.34. The molecular formula is C29H32N6O3. The van der Waals surface area contributed by atoms with E-state index in [1.807, 2.05) is 61.5 Å². The summed E-state index contributed by atoms with van der Waals surface area (Å²) in [6.07, 6.45) is 3.25. The van der Waals surface area contributed by atoms with Gasteiger partial charge >= 0.3 is 0 Å². The lowest BCUT2D eigenvalue weighted by atomic mass is 10.1. The SMILES string of the molecule is CCOc1ccc2[nH]c(=O)c(CN(CCc3ccccc3)[C@H](CC)c3nnnn3Cc3ccco3)cc2c1. The highest BCUT2D eigenvalue weighted by Gasteiger charge is 2.26. The van der Waals surface area contributed by atoms with Gasteiger partial charge in [0.2, 0.25) is 0 Å². The number of nitrogens with one attached hydrogen (secondary N) is 1. The molecule has 0 bridgehead atoms. The summed E-state index contributed by atoms with van der Waals surface area (Å²) < 4.78 is 13.0. The topological polar surface area (TPSA) is 102 Å². The van der Waals surface area contributed by atoms with E-state index >= 15 is 0 Å². The summed E-state index contributed by atoms with van der Waals surface area (Å²) in [5, 5.41) is 13.6. The van der Waals surface area contributed by atoms with Gasteiger partial charge in [-0.1, -0.05) is 37.3 Å². The highest BCUT2D eigenvalue weighted by atomic mass is 16.5. The molecule has 0 fully saturated rings. The van der Waals surface area contributed by atoms with Crippen LogP contribution in [0.15, 0.2) is 82.2 Å². The van der Waals surface area contributed by atoms with Crippen LogP contribution in [0.5, 0.6) is 5.75 Å². The quantitative estimate of drug-likeness (QED) is 0.257. The van der Waals surface area contributed by atoms with Crippen LogP contribution >= 0.6 is 0 Å².